The van der Waals surface area contributed by atoms with Crippen molar-refractivity contribution in [1.82, 2.24) is 9.97 Å². The zero-order valence-corrected chi connectivity index (χ0v) is 13.9. The lowest BCUT2D eigenvalue weighted by Gasteiger charge is -2.32. The van der Waals surface area contributed by atoms with Gasteiger partial charge in [0.05, 0.1) is 17.4 Å². The molecule has 2 aromatic heterocycles. The number of nitrogens with zero attached hydrogens (tertiary/aromatic N) is 3. The summed E-state index contributed by atoms with van der Waals surface area (Å²) in [5, 5.41) is 12.2. The molecule has 0 bridgehead atoms. The van der Waals surface area contributed by atoms with Crippen LogP contribution >= 0.6 is 22.9 Å². The predicted molar refractivity (Wildman–Crippen MR) is 89.6 cm³/mol. The van der Waals surface area contributed by atoms with Crippen molar-refractivity contribution in [2.45, 2.75) is 25.6 Å². The third-order valence-electron chi connectivity index (χ3n) is 3.65. The van der Waals surface area contributed by atoms with Crippen molar-refractivity contribution in [2.24, 2.45) is 0 Å². The summed E-state index contributed by atoms with van der Waals surface area (Å²) < 4.78 is 12.5. The standard InChI is InChI=1S/C16H15ClFN3OS/c17-15-7-14(21-5-3-13(22)4-6-21)11(9-19-15)1-2-12-10-23-16(8-18)20-12/h7,9-10,13,22H,3-6,8H2. The Bertz CT molecular complexity index is 747. The first-order valence-corrected chi connectivity index (χ1v) is 8.52. The maximum absolute atomic E-state index is 12.5. The molecule has 7 heteroatoms. The van der Waals surface area contributed by atoms with E-state index < -0.39 is 6.67 Å². The summed E-state index contributed by atoms with van der Waals surface area (Å²) in [6, 6.07) is 1.79. The monoisotopic (exact) mass is 351 g/mol. The Hall–Kier alpha value is -1.68. The van der Waals surface area contributed by atoms with Crippen LogP contribution in [0.15, 0.2) is 17.6 Å². The first kappa shape index (κ1) is 16.2. The number of rotatable bonds is 2. The molecule has 0 atom stereocenters. The quantitative estimate of drug-likeness (QED) is 0.667. The van der Waals surface area contributed by atoms with Gasteiger partial charge in [-0.15, -0.1) is 11.3 Å². The molecule has 1 saturated heterocycles. The minimum atomic E-state index is -0.573. The van der Waals surface area contributed by atoms with Gasteiger partial charge in [0.1, 0.15) is 22.5 Å². The van der Waals surface area contributed by atoms with Crippen molar-refractivity contribution in [2.75, 3.05) is 18.0 Å². The number of piperidine rings is 1. The van der Waals surface area contributed by atoms with E-state index in [0.29, 0.717) is 15.9 Å². The molecule has 1 aliphatic heterocycles. The number of alkyl halides is 1. The van der Waals surface area contributed by atoms with E-state index in [-0.39, 0.29) is 6.10 Å². The smallest absolute Gasteiger partial charge is 0.141 e. The van der Waals surface area contributed by atoms with Crippen molar-refractivity contribution in [1.29, 1.82) is 0 Å². The van der Waals surface area contributed by atoms with Gasteiger partial charge in [0.2, 0.25) is 0 Å². The average molecular weight is 352 g/mol. The molecule has 1 aliphatic rings. The van der Waals surface area contributed by atoms with E-state index in [1.165, 1.54) is 11.3 Å². The lowest BCUT2D eigenvalue weighted by Crippen LogP contribution is -2.36. The van der Waals surface area contributed by atoms with E-state index in [1.54, 1.807) is 17.6 Å². The van der Waals surface area contributed by atoms with E-state index in [2.05, 4.69) is 26.7 Å². The molecule has 23 heavy (non-hydrogen) atoms. The number of halogens is 2. The number of aromatic nitrogens is 2. The first-order chi connectivity index (χ1) is 11.2. The number of hydrogen-bond donors (Lipinski definition) is 1. The summed E-state index contributed by atoms with van der Waals surface area (Å²) in [4.78, 5) is 10.3. The SMILES string of the molecule is OC1CCN(c2cc(Cl)ncc2C#Cc2csc(CF)n2)CC1. The fraction of sp³-hybridized carbons (Fsp3) is 0.375. The van der Waals surface area contributed by atoms with Crippen LogP contribution in [0, 0.1) is 11.8 Å². The Kier molecular flexibility index (Phi) is 5.11. The zero-order valence-electron chi connectivity index (χ0n) is 12.3. The van der Waals surface area contributed by atoms with Crippen molar-refractivity contribution < 1.29 is 9.50 Å². The number of aliphatic hydroxyl groups is 1. The molecule has 0 amide bonds. The second kappa shape index (κ2) is 7.26. The van der Waals surface area contributed by atoms with Crippen LogP contribution in [-0.4, -0.2) is 34.3 Å². The first-order valence-electron chi connectivity index (χ1n) is 7.26. The molecule has 1 N–H and O–H groups in total. The van der Waals surface area contributed by atoms with Crippen LogP contribution in [0.3, 0.4) is 0 Å². The number of aliphatic hydroxyl groups excluding tert-OH is 1. The highest BCUT2D eigenvalue weighted by Crippen LogP contribution is 2.26. The fourth-order valence-corrected chi connectivity index (χ4v) is 3.17. The molecular weight excluding hydrogens is 337 g/mol. The zero-order chi connectivity index (χ0) is 16.2. The predicted octanol–water partition coefficient (Wildman–Crippen LogP) is 3.02. The van der Waals surface area contributed by atoms with Crippen LogP contribution in [0.1, 0.15) is 29.1 Å². The Morgan fingerprint density at radius 3 is 2.87 bits per heavy atom. The third kappa shape index (κ3) is 3.99. The topological polar surface area (TPSA) is 49.2 Å². The molecule has 1 fully saturated rings. The maximum Gasteiger partial charge on any atom is 0.141 e. The van der Waals surface area contributed by atoms with E-state index in [1.807, 2.05) is 0 Å². The highest BCUT2D eigenvalue weighted by molar-refractivity contribution is 7.09. The van der Waals surface area contributed by atoms with E-state index >= 15 is 0 Å². The van der Waals surface area contributed by atoms with Crippen molar-refractivity contribution in [3.05, 3.63) is 39.1 Å². The van der Waals surface area contributed by atoms with E-state index in [9.17, 15) is 9.50 Å². The van der Waals surface area contributed by atoms with Crippen LogP contribution in [0.2, 0.25) is 5.15 Å². The van der Waals surface area contributed by atoms with E-state index in [0.717, 1.165) is 37.2 Å². The molecule has 0 unspecified atom stereocenters. The van der Waals surface area contributed by atoms with Gasteiger partial charge in [-0.25, -0.2) is 14.4 Å². The van der Waals surface area contributed by atoms with Gasteiger partial charge in [0.25, 0.3) is 0 Å². The molecule has 2 aromatic rings. The van der Waals surface area contributed by atoms with Crippen molar-refractivity contribution >= 4 is 28.6 Å². The number of pyridine rings is 1. The van der Waals surface area contributed by atoms with Gasteiger partial charge in [-0.2, -0.15) is 0 Å². The van der Waals surface area contributed by atoms with Gasteiger partial charge in [0, 0.05) is 30.7 Å². The second-order valence-corrected chi connectivity index (χ2v) is 6.58. The maximum atomic E-state index is 12.5. The molecule has 4 nitrogen and oxygen atoms in total. The molecule has 3 heterocycles. The second-order valence-electron chi connectivity index (χ2n) is 5.25. The average Bonchev–Trinajstić information content (AvgIpc) is 3.02. The number of hydrogen-bond acceptors (Lipinski definition) is 5. The lowest BCUT2D eigenvalue weighted by molar-refractivity contribution is 0.145. The largest absolute Gasteiger partial charge is 0.393 e. The summed E-state index contributed by atoms with van der Waals surface area (Å²) in [5.74, 6) is 6.00. The molecule has 120 valence electrons. The molecular formula is C16H15ClFN3OS. The molecule has 0 aromatic carbocycles. The molecule has 3 rings (SSSR count). The highest BCUT2D eigenvalue weighted by atomic mass is 35.5. The summed E-state index contributed by atoms with van der Waals surface area (Å²) in [6.07, 6.45) is 2.84. The van der Waals surface area contributed by atoms with Crippen LogP contribution in [0.5, 0.6) is 0 Å². The van der Waals surface area contributed by atoms with Crippen molar-refractivity contribution in [3.8, 4) is 11.8 Å². The van der Waals surface area contributed by atoms with Crippen LogP contribution < -0.4 is 4.90 Å². The Balaban J connectivity index is 1.87. The van der Waals surface area contributed by atoms with Gasteiger partial charge >= 0.3 is 0 Å². The Morgan fingerprint density at radius 1 is 1.39 bits per heavy atom. The normalized spacial score (nSPS) is 15.3. The van der Waals surface area contributed by atoms with Gasteiger partial charge in [-0.05, 0) is 18.8 Å². The van der Waals surface area contributed by atoms with Crippen LogP contribution in [0.4, 0.5) is 10.1 Å². The fourth-order valence-electron chi connectivity index (χ4n) is 2.45. The number of thiazole rings is 1. The Labute approximate surface area is 143 Å². The summed E-state index contributed by atoms with van der Waals surface area (Å²) in [7, 11) is 0. The van der Waals surface area contributed by atoms with Gasteiger partial charge in [-0.3, -0.25) is 0 Å². The highest BCUT2D eigenvalue weighted by Gasteiger charge is 2.19. The lowest BCUT2D eigenvalue weighted by atomic mass is 10.1. The number of anilines is 1. The molecule has 0 spiro atoms. The molecule has 0 radical (unpaired) electrons. The van der Waals surface area contributed by atoms with Crippen LogP contribution in [0.25, 0.3) is 0 Å². The summed E-state index contributed by atoms with van der Waals surface area (Å²) in [6.45, 7) is 0.925. The Morgan fingerprint density at radius 2 is 2.17 bits per heavy atom. The van der Waals surface area contributed by atoms with Gasteiger partial charge in [0.15, 0.2) is 0 Å². The van der Waals surface area contributed by atoms with Crippen LogP contribution in [-0.2, 0) is 6.67 Å². The van der Waals surface area contributed by atoms with Crippen molar-refractivity contribution in [3.63, 3.8) is 0 Å². The van der Waals surface area contributed by atoms with Gasteiger partial charge in [-0.1, -0.05) is 17.5 Å². The van der Waals surface area contributed by atoms with E-state index in [4.69, 9.17) is 11.6 Å². The minimum absolute atomic E-state index is 0.243. The summed E-state index contributed by atoms with van der Waals surface area (Å²) >= 11 is 7.27. The summed E-state index contributed by atoms with van der Waals surface area (Å²) in [5.41, 5.74) is 2.21. The van der Waals surface area contributed by atoms with Gasteiger partial charge < -0.3 is 10.0 Å². The molecule has 0 aliphatic carbocycles. The molecule has 0 saturated carbocycles. The third-order valence-corrected chi connectivity index (χ3v) is 4.67. The minimum Gasteiger partial charge on any atom is -0.393 e.